The van der Waals surface area contributed by atoms with Gasteiger partial charge in [0.2, 0.25) is 5.95 Å². The fourth-order valence-corrected chi connectivity index (χ4v) is 2.27. The zero-order chi connectivity index (χ0) is 15.7. The van der Waals surface area contributed by atoms with Crippen LogP contribution in [0.15, 0.2) is 30.0 Å². The minimum Gasteiger partial charge on any atom is -0.497 e. The van der Waals surface area contributed by atoms with Crippen molar-refractivity contribution in [3.63, 3.8) is 0 Å². The maximum Gasteiger partial charge on any atom is 0.352 e. The molecule has 22 heavy (non-hydrogen) atoms. The summed E-state index contributed by atoms with van der Waals surface area (Å²) in [5, 5.41) is 23.1. The number of tetrazole rings is 1. The van der Waals surface area contributed by atoms with Gasteiger partial charge < -0.3 is 19.9 Å². The second-order valence-electron chi connectivity index (χ2n) is 4.51. The summed E-state index contributed by atoms with van der Waals surface area (Å²) in [7, 11) is 3.09. The summed E-state index contributed by atoms with van der Waals surface area (Å²) in [6.07, 6.45) is 1.52. The molecule has 0 saturated carbocycles. The van der Waals surface area contributed by atoms with Crippen LogP contribution >= 0.6 is 0 Å². The van der Waals surface area contributed by atoms with E-state index in [0.29, 0.717) is 17.1 Å². The highest BCUT2D eigenvalue weighted by atomic mass is 16.5. The second-order valence-corrected chi connectivity index (χ2v) is 4.51. The first-order chi connectivity index (χ1) is 10.6. The lowest BCUT2D eigenvalue weighted by Gasteiger charge is -2.23. The minimum atomic E-state index is -1.10. The number of allylic oxidation sites excluding steroid dienone is 1. The number of aromatic nitrogens is 4. The van der Waals surface area contributed by atoms with E-state index < -0.39 is 12.0 Å². The lowest BCUT2D eigenvalue weighted by Crippen LogP contribution is -2.24. The van der Waals surface area contributed by atoms with Crippen molar-refractivity contribution in [2.45, 2.75) is 6.04 Å². The monoisotopic (exact) mass is 303 g/mol. The molecular weight excluding hydrogens is 290 g/mol. The SMILES string of the molecule is COc1ccc(OC)c([C@H]2C=C(C(=O)O)Nc3nnnn32)c1. The normalized spacial score (nSPS) is 16.3. The van der Waals surface area contributed by atoms with Crippen molar-refractivity contribution in [3.8, 4) is 11.5 Å². The van der Waals surface area contributed by atoms with Gasteiger partial charge in [0.15, 0.2) is 0 Å². The molecule has 2 N–H and O–H groups in total. The largest absolute Gasteiger partial charge is 0.497 e. The Morgan fingerprint density at radius 1 is 1.36 bits per heavy atom. The van der Waals surface area contributed by atoms with Crippen LogP contribution in [0.4, 0.5) is 5.95 Å². The van der Waals surface area contributed by atoms with Gasteiger partial charge in [-0.3, -0.25) is 0 Å². The molecule has 1 atom stereocenters. The van der Waals surface area contributed by atoms with E-state index in [0.717, 1.165) is 0 Å². The number of methoxy groups -OCH3 is 2. The molecular formula is C13H13N5O4. The predicted octanol–water partition coefficient (Wildman–Crippen LogP) is 0.674. The molecule has 2 aromatic rings. The van der Waals surface area contributed by atoms with Crippen LogP contribution in [0.25, 0.3) is 0 Å². The molecule has 0 spiro atoms. The van der Waals surface area contributed by atoms with Gasteiger partial charge in [-0.1, -0.05) is 5.10 Å². The molecule has 114 valence electrons. The molecule has 9 nitrogen and oxygen atoms in total. The van der Waals surface area contributed by atoms with Crippen LogP contribution in [0.3, 0.4) is 0 Å². The van der Waals surface area contributed by atoms with E-state index in [4.69, 9.17) is 9.47 Å². The van der Waals surface area contributed by atoms with Crippen molar-refractivity contribution in [2.24, 2.45) is 0 Å². The van der Waals surface area contributed by atoms with E-state index in [9.17, 15) is 9.90 Å². The summed E-state index contributed by atoms with van der Waals surface area (Å²) in [5.41, 5.74) is 0.688. The molecule has 9 heteroatoms. The van der Waals surface area contributed by atoms with Crippen LogP contribution < -0.4 is 14.8 Å². The lowest BCUT2D eigenvalue weighted by atomic mass is 10.0. The van der Waals surface area contributed by atoms with Gasteiger partial charge in [-0.05, 0) is 34.7 Å². The fourth-order valence-electron chi connectivity index (χ4n) is 2.27. The number of benzene rings is 1. The number of ether oxygens (including phenoxy) is 2. The first-order valence-electron chi connectivity index (χ1n) is 6.36. The molecule has 1 aromatic heterocycles. The van der Waals surface area contributed by atoms with Crippen molar-refractivity contribution in [1.82, 2.24) is 20.2 Å². The van der Waals surface area contributed by atoms with E-state index in [-0.39, 0.29) is 11.6 Å². The smallest absolute Gasteiger partial charge is 0.352 e. The molecule has 0 amide bonds. The number of anilines is 1. The highest BCUT2D eigenvalue weighted by Gasteiger charge is 2.28. The number of hydrogen-bond acceptors (Lipinski definition) is 7. The third-order valence-corrected chi connectivity index (χ3v) is 3.31. The Hall–Kier alpha value is -3.10. The zero-order valence-corrected chi connectivity index (χ0v) is 11.8. The van der Waals surface area contributed by atoms with Crippen LogP contribution in [-0.2, 0) is 4.79 Å². The topological polar surface area (TPSA) is 111 Å². The van der Waals surface area contributed by atoms with Gasteiger partial charge in [0.25, 0.3) is 0 Å². The van der Waals surface area contributed by atoms with Crippen molar-refractivity contribution >= 4 is 11.9 Å². The molecule has 1 aliphatic heterocycles. The third-order valence-electron chi connectivity index (χ3n) is 3.31. The number of aliphatic carboxylic acids is 1. The number of hydrogen-bond donors (Lipinski definition) is 2. The van der Waals surface area contributed by atoms with Crippen LogP contribution in [0.1, 0.15) is 11.6 Å². The Morgan fingerprint density at radius 3 is 2.86 bits per heavy atom. The predicted molar refractivity (Wildman–Crippen MR) is 74.8 cm³/mol. The number of nitrogens with one attached hydrogen (secondary N) is 1. The van der Waals surface area contributed by atoms with Gasteiger partial charge in [-0.15, -0.1) is 0 Å². The number of rotatable bonds is 4. The highest BCUT2D eigenvalue weighted by molar-refractivity contribution is 5.90. The van der Waals surface area contributed by atoms with Crippen LogP contribution in [0, 0.1) is 0 Å². The summed E-state index contributed by atoms with van der Waals surface area (Å²) in [6.45, 7) is 0. The van der Waals surface area contributed by atoms with Crippen molar-refractivity contribution in [1.29, 1.82) is 0 Å². The first kappa shape index (κ1) is 13.9. The summed E-state index contributed by atoms with van der Waals surface area (Å²) in [6, 6.07) is 4.73. The molecule has 0 aliphatic carbocycles. The third kappa shape index (κ3) is 2.22. The van der Waals surface area contributed by atoms with E-state index in [1.165, 1.54) is 17.9 Å². The Morgan fingerprint density at radius 2 is 2.18 bits per heavy atom. The highest BCUT2D eigenvalue weighted by Crippen LogP contribution is 2.35. The number of carboxylic acids is 1. The number of nitrogens with zero attached hydrogens (tertiary/aromatic N) is 4. The molecule has 0 saturated heterocycles. The second kappa shape index (κ2) is 5.35. The molecule has 1 aromatic carbocycles. The van der Waals surface area contributed by atoms with E-state index in [1.54, 1.807) is 25.3 Å². The maximum atomic E-state index is 11.3. The van der Waals surface area contributed by atoms with E-state index in [2.05, 4.69) is 20.8 Å². The molecule has 0 bridgehead atoms. The van der Waals surface area contributed by atoms with Crippen LogP contribution in [0.5, 0.6) is 11.5 Å². The van der Waals surface area contributed by atoms with Gasteiger partial charge in [0, 0.05) is 5.56 Å². The standard InChI is InChI=1S/C13H13N5O4/c1-21-7-3-4-11(22-2)8(5-7)10-6-9(12(19)20)14-13-15-16-17-18(10)13/h3-6,10H,1-2H3,(H,19,20)(H,14,15,17)/t10-/m1/s1. The molecule has 1 aliphatic rings. The molecule has 0 unspecified atom stereocenters. The molecule has 2 heterocycles. The van der Waals surface area contributed by atoms with Gasteiger partial charge >= 0.3 is 5.97 Å². The Bertz CT molecular complexity index is 755. The molecule has 0 radical (unpaired) electrons. The number of fused-ring (bicyclic) bond motifs is 1. The number of carbonyl (C=O) groups is 1. The average Bonchev–Trinajstić information content (AvgIpc) is 3.01. The summed E-state index contributed by atoms with van der Waals surface area (Å²) in [4.78, 5) is 11.3. The molecule has 3 rings (SSSR count). The lowest BCUT2D eigenvalue weighted by molar-refractivity contribution is -0.132. The van der Waals surface area contributed by atoms with Crippen LogP contribution in [-0.4, -0.2) is 45.5 Å². The minimum absolute atomic E-state index is 0.00262. The van der Waals surface area contributed by atoms with E-state index in [1.807, 2.05) is 0 Å². The van der Waals surface area contributed by atoms with Gasteiger partial charge in [-0.2, -0.15) is 4.68 Å². The molecule has 0 fully saturated rings. The fraction of sp³-hybridized carbons (Fsp3) is 0.231. The Balaban J connectivity index is 2.16. The summed E-state index contributed by atoms with van der Waals surface area (Å²) >= 11 is 0. The zero-order valence-electron chi connectivity index (χ0n) is 11.8. The Labute approximate surface area is 125 Å². The van der Waals surface area contributed by atoms with Crippen LogP contribution in [0.2, 0.25) is 0 Å². The van der Waals surface area contributed by atoms with Gasteiger partial charge in [0.1, 0.15) is 23.2 Å². The van der Waals surface area contributed by atoms with Crippen molar-refractivity contribution < 1.29 is 19.4 Å². The first-order valence-corrected chi connectivity index (χ1v) is 6.36. The van der Waals surface area contributed by atoms with Crippen molar-refractivity contribution in [2.75, 3.05) is 19.5 Å². The van der Waals surface area contributed by atoms with E-state index >= 15 is 0 Å². The number of carboxylic acid groups (broad SMARTS) is 1. The quantitative estimate of drug-likeness (QED) is 0.848. The summed E-state index contributed by atoms with van der Waals surface area (Å²) < 4.78 is 12.0. The maximum absolute atomic E-state index is 11.3. The van der Waals surface area contributed by atoms with Gasteiger partial charge in [0.05, 0.1) is 14.2 Å². The summed E-state index contributed by atoms with van der Waals surface area (Å²) in [5.74, 6) is 0.347. The average molecular weight is 303 g/mol. The van der Waals surface area contributed by atoms with Gasteiger partial charge in [-0.25, -0.2) is 4.79 Å². The van der Waals surface area contributed by atoms with Crippen molar-refractivity contribution in [3.05, 3.63) is 35.5 Å². The Kier molecular flexibility index (Phi) is 3.37.